The number of nitrogens with zero attached hydrogens (tertiary/aromatic N) is 1. The van der Waals surface area contributed by atoms with Crippen LogP contribution in [0.4, 0.5) is 0 Å². The molecule has 1 amide bonds. The zero-order valence-corrected chi connectivity index (χ0v) is 14.2. The van der Waals surface area contributed by atoms with Crippen LogP contribution in [0.15, 0.2) is 18.2 Å². The SMILES string of the molecule is CCN(CC)C(=O)C(C)Oc1ccc(Cl)cc1C(C)NC. The second-order valence-electron chi connectivity index (χ2n) is 4.96. The Kier molecular flexibility index (Phi) is 6.99. The molecule has 0 spiro atoms. The second-order valence-corrected chi connectivity index (χ2v) is 5.40. The molecule has 1 aromatic rings. The fourth-order valence-corrected chi connectivity index (χ4v) is 2.33. The molecular weight excluding hydrogens is 288 g/mol. The summed E-state index contributed by atoms with van der Waals surface area (Å²) in [6.07, 6.45) is -0.520. The van der Waals surface area contributed by atoms with Gasteiger partial charge < -0.3 is 15.0 Å². The summed E-state index contributed by atoms with van der Waals surface area (Å²) in [5.41, 5.74) is 0.948. The van der Waals surface area contributed by atoms with Gasteiger partial charge in [0.1, 0.15) is 5.75 Å². The van der Waals surface area contributed by atoms with Crippen molar-refractivity contribution >= 4 is 17.5 Å². The van der Waals surface area contributed by atoms with Crippen LogP contribution >= 0.6 is 11.6 Å². The highest BCUT2D eigenvalue weighted by Crippen LogP contribution is 2.29. The molecule has 1 N–H and O–H groups in total. The minimum atomic E-state index is -0.520. The number of hydrogen-bond acceptors (Lipinski definition) is 3. The highest BCUT2D eigenvalue weighted by Gasteiger charge is 2.21. The van der Waals surface area contributed by atoms with E-state index in [1.54, 1.807) is 17.9 Å². The average molecular weight is 313 g/mol. The van der Waals surface area contributed by atoms with Gasteiger partial charge >= 0.3 is 0 Å². The summed E-state index contributed by atoms with van der Waals surface area (Å²) in [5.74, 6) is 0.687. The molecule has 0 saturated carbocycles. The van der Waals surface area contributed by atoms with E-state index in [1.807, 2.05) is 40.0 Å². The largest absolute Gasteiger partial charge is 0.481 e. The van der Waals surface area contributed by atoms with Crippen LogP contribution in [0.3, 0.4) is 0 Å². The van der Waals surface area contributed by atoms with Gasteiger partial charge in [-0.2, -0.15) is 0 Å². The molecule has 1 rings (SSSR count). The minimum absolute atomic E-state index is 0.00184. The first kappa shape index (κ1) is 17.8. The van der Waals surface area contributed by atoms with Crippen molar-refractivity contribution in [3.63, 3.8) is 0 Å². The van der Waals surface area contributed by atoms with E-state index in [0.29, 0.717) is 23.9 Å². The minimum Gasteiger partial charge on any atom is -0.481 e. The topological polar surface area (TPSA) is 41.6 Å². The molecule has 0 aromatic heterocycles. The van der Waals surface area contributed by atoms with Crippen molar-refractivity contribution in [1.82, 2.24) is 10.2 Å². The standard InChI is InChI=1S/C16H25ClN2O2/c1-6-19(7-2)16(20)12(4)21-15-9-8-13(17)10-14(15)11(3)18-5/h8-12,18H,6-7H2,1-5H3. The molecule has 5 heteroatoms. The number of carbonyl (C=O) groups is 1. The van der Waals surface area contributed by atoms with Crippen molar-refractivity contribution in [2.24, 2.45) is 0 Å². The summed E-state index contributed by atoms with van der Waals surface area (Å²) in [4.78, 5) is 14.1. The number of nitrogens with one attached hydrogen (secondary N) is 1. The summed E-state index contributed by atoms with van der Waals surface area (Å²) in [5, 5.41) is 3.82. The van der Waals surface area contributed by atoms with E-state index in [4.69, 9.17) is 16.3 Å². The van der Waals surface area contributed by atoms with Crippen molar-refractivity contribution in [1.29, 1.82) is 0 Å². The Labute approximate surface area is 132 Å². The van der Waals surface area contributed by atoms with Gasteiger partial charge in [0.25, 0.3) is 5.91 Å². The van der Waals surface area contributed by atoms with E-state index >= 15 is 0 Å². The number of rotatable bonds is 7. The molecule has 0 aliphatic rings. The predicted molar refractivity (Wildman–Crippen MR) is 86.9 cm³/mol. The van der Waals surface area contributed by atoms with Crippen molar-refractivity contribution in [3.05, 3.63) is 28.8 Å². The summed E-state index contributed by atoms with van der Waals surface area (Å²) < 4.78 is 5.88. The molecule has 1 aromatic carbocycles. The number of ether oxygens (including phenoxy) is 1. The predicted octanol–water partition coefficient (Wildman–Crippen LogP) is 3.26. The van der Waals surface area contributed by atoms with Gasteiger partial charge in [0, 0.05) is 29.7 Å². The van der Waals surface area contributed by atoms with Crippen molar-refractivity contribution in [2.45, 2.75) is 39.8 Å². The Morgan fingerprint density at radius 3 is 2.48 bits per heavy atom. The van der Waals surface area contributed by atoms with Crippen LogP contribution in [0.1, 0.15) is 39.3 Å². The zero-order valence-electron chi connectivity index (χ0n) is 13.4. The fraction of sp³-hybridized carbons (Fsp3) is 0.562. The quantitative estimate of drug-likeness (QED) is 0.840. The van der Waals surface area contributed by atoms with E-state index in [9.17, 15) is 4.79 Å². The van der Waals surface area contributed by atoms with Crippen molar-refractivity contribution < 1.29 is 9.53 Å². The number of hydrogen-bond donors (Lipinski definition) is 1. The summed E-state index contributed by atoms with van der Waals surface area (Å²) in [7, 11) is 1.87. The first-order chi connectivity index (χ1) is 9.94. The second kappa shape index (κ2) is 8.25. The normalized spacial score (nSPS) is 13.6. The lowest BCUT2D eigenvalue weighted by Crippen LogP contribution is -2.40. The summed E-state index contributed by atoms with van der Waals surface area (Å²) in [6, 6.07) is 5.55. The Morgan fingerprint density at radius 2 is 1.95 bits per heavy atom. The number of carbonyl (C=O) groups excluding carboxylic acids is 1. The number of amides is 1. The van der Waals surface area contributed by atoms with Crippen LogP contribution in [0.25, 0.3) is 0 Å². The maximum atomic E-state index is 12.3. The Bertz CT molecular complexity index is 475. The molecule has 21 heavy (non-hydrogen) atoms. The van der Waals surface area contributed by atoms with Crippen LogP contribution in [-0.4, -0.2) is 37.0 Å². The van der Waals surface area contributed by atoms with E-state index in [-0.39, 0.29) is 11.9 Å². The molecule has 4 nitrogen and oxygen atoms in total. The van der Waals surface area contributed by atoms with E-state index in [0.717, 1.165) is 5.56 Å². The lowest BCUT2D eigenvalue weighted by Gasteiger charge is -2.25. The highest BCUT2D eigenvalue weighted by molar-refractivity contribution is 6.30. The molecule has 118 valence electrons. The lowest BCUT2D eigenvalue weighted by atomic mass is 10.1. The first-order valence-corrected chi connectivity index (χ1v) is 7.74. The van der Waals surface area contributed by atoms with E-state index < -0.39 is 6.10 Å². The molecule has 0 fully saturated rings. The van der Waals surface area contributed by atoms with Gasteiger partial charge in [-0.05, 0) is 52.9 Å². The lowest BCUT2D eigenvalue weighted by molar-refractivity contribution is -0.137. The molecule has 0 bridgehead atoms. The van der Waals surface area contributed by atoms with Gasteiger partial charge in [-0.1, -0.05) is 11.6 Å². The molecule has 0 heterocycles. The van der Waals surface area contributed by atoms with Crippen molar-refractivity contribution in [2.75, 3.05) is 20.1 Å². The molecule has 0 aliphatic carbocycles. The first-order valence-electron chi connectivity index (χ1n) is 7.36. The molecule has 0 radical (unpaired) electrons. The third kappa shape index (κ3) is 4.61. The smallest absolute Gasteiger partial charge is 0.263 e. The fourth-order valence-electron chi connectivity index (χ4n) is 2.15. The summed E-state index contributed by atoms with van der Waals surface area (Å²) in [6.45, 7) is 9.10. The number of halogens is 1. The van der Waals surface area contributed by atoms with E-state index in [2.05, 4.69) is 5.32 Å². The maximum absolute atomic E-state index is 12.3. The molecule has 0 saturated heterocycles. The third-order valence-corrected chi connectivity index (χ3v) is 3.83. The number of benzene rings is 1. The average Bonchev–Trinajstić information content (AvgIpc) is 2.49. The van der Waals surface area contributed by atoms with Crippen LogP contribution in [0.2, 0.25) is 5.02 Å². The highest BCUT2D eigenvalue weighted by atomic mass is 35.5. The Hall–Kier alpha value is -1.26. The molecular formula is C16H25ClN2O2. The summed E-state index contributed by atoms with van der Waals surface area (Å²) >= 11 is 6.05. The Balaban J connectivity index is 2.94. The van der Waals surface area contributed by atoms with Gasteiger partial charge in [-0.3, -0.25) is 4.79 Å². The maximum Gasteiger partial charge on any atom is 0.263 e. The van der Waals surface area contributed by atoms with Crippen LogP contribution < -0.4 is 10.1 Å². The molecule has 0 aliphatic heterocycles. The molecule has 2 atom stereocenters. The van der Waals surface area contributed by atoms with Crippen LogP contribution in [0.5, 0.6) is 5.75 Å². The molecule has 2 unspecified atom stereocenters. The zero-order chi connectivity index (χ0) is 16.0. The van der Waals surface area contributed by atoms with Crippen molar-refractivity contribution in [3.8, 4) is 5.75 Å². The van der Waals surface area contributed by atoms with E-state index in [1.165, 1.54) is 0 Å². The van der Waals surface area contributed by atoms with Gasteiger partial charge in [0.2, 0.25) is 0 Å². The van der Waals surface area contributed by atoms with Gasteiger partial charge in [0.05, 0.1) is 0 Å². The van der Waals surface area contributed by atoms with Gasteiger partial charge in [0.15, 0.2) is 6.10 Å². The van der Waals surface area contributed by atoms with Crippen LogP contribution in [-0.2, 0) is 4.79 Å². The monoisotopic (exact) mass is 312 g/mol. The Morgan fingerprint density at radius 1 is 1.33 bits per heavy atom. The van der Waals surface area contributed by atoms with Crippen LogP contribution in [0, 0.1) is 0 Å². The van der Waals surface area contributed by atoms with Gasteiger partial charge in [-0.15, -0.1) is 0 Å². The third-order valence-electron chi connectivity index (χ3n) is 3.60. The van der Waals surface area contributed by atoms with Gasteiger partial charge in [-0.25, -0.2) is 0 Å². The number of likely N-dealkylation sites (N-methyl/N-ethyl adjacent to an activating group) is 1.